The molecule has 0 saturated heterocycles. The van der Waals surface area contributed by atoms with Crippen LogP contribution < -0.4 is 5.32 Å². The van der Waals surface area contributed by atoms with Crippen LogP contribution in [0.25, 0.3) is 0 Å². The van der Waals surface area contributed by atoms with Crippen molar-refractivity contribution in [2.75, 3.05) is 0 Å². The fourth-order valence-electron chi connectivity index (χ4n) is 2.68. The number of hydrogen-bond donors (Lipinski definition) is 1. The van der Waals surface area contributed by atoms with Gasteiger partial charge in [-0.25, -0.2) is 0 Å². The van der Waals surface area contributed by atoms with Crippen LogP contribution in [-0.4, -0.2) is 10.8 Å². The minimum absolute atomic E-state index is 0.0373. The number of hydrogen-bond acceptors (Lipinski definition) is 4. The van der Waals surface area contributed by atoms with E-state index >= 15 is 0 Å². The highest BCUT2D eigenvalue weighted by Crippen LogP contribution is 2.29. The maximum Gasteiger partial charge on any atom is 0.433 e. The number of nitrogens with one attached hydrogen (secondary N) is 1. The molecule has 1 heterocycles. The lowest BCUT2D eigenvalue weighted by Gasteiger charge is -2.25. The highest BCUT2D eigenvalue weighted by molar-refractivity contribution is 5.92. The zero-order chi connectivity index (χ0) is 14.8. The van der Waals surface area contributed by atoms with E-state index in [1.807, 2.05) is 18.2 Å². The second-order valence-corrected chi connectivity index (χ2v) is 5.01. The fraction of sp³-hybridized carbons (Fsp3) is 0.267. The molecule has 1 amide bonds. The average molecular weight is 286 g/mol. The normalized spacial score (nSPS) is 17.0. The Kier molecular flexibility index (Phi) is 3.43. The SMILES string of the molecule is O=C(N[C@@H]1CCCc2ccccc21)c1ccc([N+](=O)[O-])o1. The molecule has 2 aromatic rings. The highest BCUT2D eigenvalue weighted by atomic mass is 16.6. The second-order valence-electron chi connectivity index (χ2n) is 5.01. The van der Waals surface area contributed by atoms with Crippen molar-refractivity contribution < 1.29 is 14.1 Å². The highest BCUT2D eigenvalue weighted by Gasteiger charge is 2.24. The molecule has 0 aliphatic heterocycles. The quantitative estimate of drug-likeness (QED) is 0.694. The summed E-state index contributed by atoms with van der Waals surface area (Å²) in [6.45, 7) is 0. The fourth-order valence-corrected chi connectivity index (χ4v) is 2.68. The zero-order valence-electron chi connectivity index (χ0n) is 11.2. The van der Waals surface area contributed by atoms with Crippen LogP contribution in [0.15, 0.2) is 40.8 Å². The van der Waals surface area contributed by atoms with Gasteiger partial charge in [0.15, 0.2) is 5.76 Å². The molecule has 1 aliphatic carbocycles. The molecule has 3 rings (SSSR count). The van der Waals surface area contributed by atoms with Crippen molar-refractivity contribution in [3.63, 3.8) is 0 Å². The molecular weight excluding hydrogens is 272 g/mol. The Morgan fingerprint density at radius 3 is 2.86 bits per heavy atom. The van der Waals surface area contributed by atoms with E-state index in [1.165, 1.54) is 17.7 Å². The van der Waals surface area contributed by atoms with E-state index in [0.717, 1.165) is 24.8 Å². The molecule has 0 bridgehead atoms. The average Bonchev–Trinajstić information content (AvgIpc) is 2.98. The lowest BCUT2D eigenvalue weighted by atomic mass is 9.88. The molecule has 1 aliphatic rings. The Morgan fingerprint density at radius 2 is 2.10 bits per heavy atom. The molecule has 1 N–H and O–H groups in total. The maximum absolute atomic E-state index is 12.1. The predicted molar refractivity (Wildman–Crippen MR) is 74.9 cm³/mol. The number of carbonyl (C=O) groups excluding carboxylic acids is 1. The summed E-state index contributed by atoms with van der Waals surface area (Å²) in [4.78, 5) is 22.0. The van der Waals surface area contributed by atoms with Crippen molar-refractivity contribution in [3.05, 3.63) is 63.4 Å². The molecule has 1 aromatic carbocycles. The number of furan rings is 1. The summed E-state index contributed by atoms with van der Waals surface area (Å²) in [5, 5.41) is 13.5. The van der Waals surface area contributed by atoms with Gasteiger partial charge in [0, 0.05) is 0 Å². The van der Waals surface area contributed by atoms with E-state index in [-0.39, 0.29) is 11.8 Å². The largest absolute Gasteiger partial charge is 0.433 e. The van der Waals surface area contributed by atoms with Gasteiger partial charge in [0.25, 0.3) is 5.91 Å². The number of amides is 1. The molecule has 6 nitrogen and oxygen atoms in total. The Balaban J connectivity index is 1.77. The van der Waals surface area contributed by atoms with Crippen molar-refractivity contribution in [2.24, 2.45) is 0 Å². The van der Waals surface area contributed by atoms with E-state index in [9.17, 15) is 14.9 Å². The van der Waals surface area contributed by atoms with E-state index < -0.39 is 16.7 Å². The number of fused-ring (bicyclic) bond motifs is 1. The molecule has 21 heavy (non-hydrogen) atoms. The first kappa shape index (κ1) is 13.4. The lowest BCUT2D eigenvalue weighted by molar-refractivity contribution is -0.402. The minimum Gasteiger partial charge on any atom is -0.395 e. The van der Waals surface area contributed by atoms with Gasteiger partial charge >= 0.3 is 5.88 Å². The molecule has 1 aromatic heterocycles. The van der Waals surface area contributed by atoms with Gasteiger partial charge in [-0.3, -0.25) is 14.9 Å². The number of benzene rings is 1. The van der Waals surface area contributed by atoms with Crippen LogP contribution in [-0.2, 0) is 6.42 Å². The maximum atomic E-state index is 12.1. The Bertz CT molecular complexity index is 692. The third-order valence-electron chi connectivity index (χ3n) is 3.67. The standard InChI is InChI=1S/C15H14N2O4/c18-15(13-8-9-14(21-13)17(19)20)16-12-7-3-5-10-4-1-2-6-11(10)12/h1-2,4,6,8-9,12H,3,5,7H2,(H,16,18)/t12-/m1/s1. The van der Waals surface area contributed by atoms with Gasteiger partial charge in [-0.15, -0.1) is 0 Å². The van der Waals surface area contributed by atoms with Crippen molar-refractivity contribution in [1.82, 2.24) is 5.32 Å². The van der Waals surface area contributed by atoms with Gasteiger partial charge in [-0.05, 0) is 36.5 Å². The van der Waals surface area contributed by atoms with Crippen LogP contribution in [0.3, 0.4) is 0 Å². The number of rotatable bonds is 3. The van der Waals surface area contributed by atoms with Crippen molar-refractivity contribution >= 4 is 11.8 Å². The van der Waals surface area contributed by atoms with E-state index in [1.54, 1.807) is 0 Å². The smallest absolute Gasteiger partial charge is 0.395 e. The van der Waals surface area contributed by atoms with Gasteiger partial charge in [-0.2, -0.15) is 0 Å². The first-order chi connectivity index (χ1) is 10.1. The number of carbonyl (C=O) groups is 1. The van der Waals surface area contributed by atoms with Crippen LogP contribution in [0.5, 0.6) is 0 Å². The molecule has 0 fully saturated rings. The van der Waals surface area contributed by atoms with Crippen LogP contribution in [0, 0.1) is 10.1 Å². The predicted octanol–water partition coefficient (Wildman–Crippen LogP) is 3.00. The third kappa shape index (κ3) is 2.65. The topological polar surface area (TPSA) is 85.4 Å². The summed E-state index contributed by atoms with van der Waals surface area (Å²) >= 11 is 0. The molecular formula is C15H14N2O4. The van der Waals surface area contributed by atoms with Gasteiger partial charge in [0.1, 0.15) is 4.92 Å². The second kappa shape index (κ2) is 5.40. The molecule has 0 saturated carbocycles. The number of nitro groups is 1. The number of aryl methyl sites for hydroxylation is 1. The van der Waals surface area contributed by atoms with Crippen molar-refractivity contribution in [1.29, 1.82) is 0 Å². The van der Waals surface area contributed by atoms with Gasteiger partial charge < -0.3 is 9.73 Å². The Morgan fingerprint density at radius 1 is 1.29 bits per heavy atom. The molecule has 108 valence electrons. The Hall–Kier alpha value is -2.63. The van der Waals surface area contributed by atoms with Crippen molar-refractivity contribution in [3.8, 4) is 0 Å². The molecule has 0 radical (unpaired) electrons. The minimum atomic E-state index is -0.660. The van der Waals surface area contributed by atoms with Crippen molar-refractivity contribution in [2.45, 2.75) is 25.3 Å². The van der Waals surface area contributed by atoms with Gasteiger partial charge in [0.05, 0.1) is 12.1 Å². The van der Waals surface area contributed by atoms with Crippen LogP contribution in [0.4, 0.5) is 5.88 Å². The summed E-state index contributed by atoms with van der Waals surface area (Å²) < 4.78 is 4.93. The summed E-state index contributed by atoms with van der Waals surface area (Å²) in [6.07, 6.45) is 2.86. The monoisotopic (exact) mass is 286 g/mol. The molecule has 1 atom stereocenters. The van der Waals surface area contributed by atoms with Gasteiger partial charge in [0.2, 0.25) is 0 Å². The molecule has 0 spiro atoms. The zero-order valence-corrected chi connectivity index (χ0v) is 11.2. The van der Waals surface area contributed by atoms with E-state index in [4.69, 9.17) is 4.42 Å². The summed E-state index contributed by atoms with van der Waals surface area (Å²) in [6, 6.07) is 10.4. The van der Waals surface area contributed by atoms with Crippen LogP contribution in [0.1, 0.15) is 40.6 Å². The molecule has 0 unspecified atom stereocenters. The lowest BCUT2D eigenvalue weighted by Crippen LogP contribution is -2.30. The van der Waals surface area contributed by atoms with E-state index in [2.05, 4.69) is 11.4 Å². The van der Waals surface area contributed by atoms with Crippen LogP contribution in [0.2, 0.25) is 0 Å². The van der Waals surface area contributed by atoms with Gasteiger partial charge in [-0.1, -0.05) is 24.3 Å². The molecule has 6 heteroatoms. The van der Waals surface area contributed by atoms with Crippen LogP contribution >= 0.6 is 0 Å². The first-order valence-electron chi connectivity index (χ1n) is 6.78. The third-order valence-corrected chi connectivity index (χ3v) is 3.67. The number of nitrogens with zero attached hydrogens (tertiary/aromatic N) is 1. The Labute approximate surface area is 120 Å². The summed E-state index contributed by atoms with van der Waals surface area (Å²) in [5.74, 6) is -0.890. The first-order valence-corrected chi connectivity index (χ1v) is 6.78. The van der Waals surface area contributed by atoms with E-state index in [0.29, 0.717) is 0 Å². The summed E-state index contributed by atoms with van der Waals surface area (Å²) in [7, 11) is 0. The summed E-state index contributed by atoms with van der Waals surface area (Å²) in [5.41, 5.74) is 2.35.